The molecule has 66 valence electrons. The predicted octanol–water partition coefficient (Wildman–Crippen LogP) is 1.54. The molecule has 2 aromatic rings. The number of fused-ring (bicyclic) bond motifs is 1. The summed E-state index contributed by atoms with van der Waals surface area (Å²) < 4.78 is 2.45. The first-order valence-corrected chi connectivity index (χ1v) is 4.88. The number of hydrogen-bond acceptors (Lipinski definition) is 2. The number of halogens is 1. The van der Waals surface area contributed by atoms with Gasteiger partial charge in [-0.25, -0.2) is 4.98 Å². The summed E-state index contributed by atoms with van der Waals surface area (Å²) in [7, 11) is 1.73. The average molecular weight is 286 g/mol. The molecule has 0 unspecified atom stereocenters. The molecule has 0 aliphatic carbocycles. The highest BCUT2D eigenvalue weighted by Gasteiger charge is 1.99. The fourth-order valence-corrected chi connectivity index (χ4v) is 1.62. The van der Waals surface area contributed by atoms with Crippen molar-refractivity contribution in [2.75, 3.05) is 0 Å². The Kier molecular flexibility index (Phi) is 2.07. The van der Waals surface area contributed by atoms with E-state index in [1.54, 1.807) is 23.7 Å². The van der Waals surface area contributed by atoms with Gasteiger partial charge >= 0.3 is 0 Å². The largest absolute Gasteiger partial charge is 0.296 e. The minimum Gasteiger partial charge on any atom is -0.296 e. The molecule has 0 N–H and O–H groups in total. The van der Waals surface area contributed by atoms with Crippen LogP contribution < -0.4 is 5.56 Å². The number of nitrogens with zero attached hydrogens (tertiary/aromatic N) is 2. The SMILES string of the molecule is Cn1c(=O)ccc2ccc(I)nc21. The molecule has 0 spiro atoms. The fourth-order valence-electron chi connectivity index (χ4n) is 1.21. The second-order valence-electron chi connectivity index (χ2n) is 2.78. The molecule has 0 atom stereocenters. The first-order chi connectivity index (χ1) is 6.18. The Balaban J connectivity index is 2.97. The molecule has 0 aliphatic rings. The highest BCUT2D eigenvalue weighted by molar-refractivity contribution is 14.1. The van der Waals surface area contributed by atoms with Crippen molar-refractivity contribution in [3.63, 3.8) is 0 Å². The molecule has 2 rings (SSSR count). The molecule has 2 heterocycles. The molecular formula is C9H7IN2O. The summed E-state index contributed by atoms with van der Waals surface area (Å²) in [5.74, 6) is 0. The van der Waals surface area contributed by atoms with Crippen LogP contribution in [-0.2, 0) is 7.05 Å². The number of hydrogen-bond donors (Lipinski definition) is 0. The summed E-state index contributed by atoms with van der Waals surface area (Å²) >= 11 is 2.13. The maximum absolute atomic E-state index is 11.3. The predicted molar refractivity (Wildman–Crippen MR) is 59.7 cm³/mol. The number of aromatic nitrogens is 2. The van der Waals surface area contributed by atoms with Gasteiger partial charge in [0.2, 0.25) is 0 Å². The van der Waals surface area contributed by atoms with Gasteiger partial charge < -0.3 is 0 Å². The molecule has 0 bridgehead atoms. The van der Waals surface area contributed by atoms with Crippen LogP contribution in [0.3, 0.4) is 0 Å². The number of rotatable bonds is 0. The Morgan fingerprint density at radius 2 is 2.00 bits per heavy atom. The van der Waals surface area contributed by atoms with E-state index < -0.39 is 0 Å². The van der Waals surface area contributed by atoms with Gasteiger partial charge in [-0.3, -0.25) is 9.36 Å². The zero-order chi connectivity index (χ0) is 9.42. The zero-order valence-corrected chi connectivity index (χ0v) is 9.15. The van der Waals surface area contributed by atoms with E-state index in [0.29, 0.717) is 0 Å². The molecule has 0 saturated heterocycles. The van der Waals surface area contributed by atoms with E-state index in [1.165, 1.54) is 0 Å². The van der Waals surface area contributed by atoms with E-state index in [-0.39, 0.29) is 5.56 Å². The third-order valence-corrected chi connectivity index (χ3v) is 2.53. The molecule has 0 aliphatic heterocycles. The summed E-state index contributed by atoms with van der Waals surface area (Å²) in [4.78, 5) is 15.6. The van der Waals surface area contributed by atoms with Crippen molar-refractivity contribution in [3.8, 4) is 0 Å². The van der Waals surface area contributed by atoms with Crippen molar-refractivity contribution >= 4 is 33.6 Å². The molecule has 0 aromatic carbocycles. The van der Waals surface area contributed by atoms with Gasteiger partial charge in [0.15, 0.2) is 0 Å². The van der Waals surface area contributed by atoms with Crippen molar-refractivity contribution in [2.45, 2.75) is 0 Å². The summed E-state index contributed by atoms with van der Waals surface area (Å²) in [5, 5.41) is 0.988. The molecule has 4 heteroatoms. The zero-order valence-electron chi connectivity index (χ0n) is 6.99. The topological polar surface area (TPSA) is 34.9 Å². The molecule has 3 nitrogen and oxygen atoms in total. The van der Waals surface area contributed by atoms with Gasteiger partial charge in [-0.15, -0.1) is 0 Å². The molecule has 0 saturated carbocycles. The third-order valence-electron chi connectivity index (χ3n) is 1.93. The maximum atomic E-state index is 11.3. The first kappa shape index (κ1) is 8.68. The van der Waals surface area contributed by atoms with Crippen LogP contribution in [0.5, 0.6) is 0 Å². The van der Waals surface area contributed by atoms with Crippen LogP contribution in [0.1, 0.15) is 0 Å². The highest BCUT2D eigenvalue weighted by Crippen LogP contribution is 2.10. The lowest BCUT2D eigenvalue weighted by atomic mass is 10.3. The van der Waals surface area contributed by atoms with E-state index in [1.807, 2.05) is 12.1 Å². The Labute approximate surface area is 88.6 Å². The fraction of sp³-hybridized carbons (Fsp3) is 0.111. The molecule has 2 aromatic heterocycles. The van der Waals surface area contributed by atoms with Crippen LogP contribution in [0.2, 0.25) is 0 Å². The molecule has 0 fully saturated rings. The average Bonchev–Trinajstić information content (AvgIpc) is 2.12. The third kappa shape index (κ3) is 1.46. The van der Waals surface area contributed by atoms with E-state index in [9.17, 15) is 4.79 Å². The monoisotopic (exact) mass is 286 g/mol. The van der Waals surface area contributed by atoms with E-state index >= 15 is 0 Å². The van der Waals surface area contributed by atoms with Crippen LogP contribution in [0.25, 0.3) is 11.0 Å². The summed E-state index contributed by atoms with van der Waals surface area (Å²) in [5.41, 5.74) is 0.710. The Morgan fingerprint density at radius 3 is 2.77 bits per heavy atom. The summed E-state index contributed by atoms with van der Waals surface area (Å²) in [6, 6.07) is 7.23. The van der Waals surface area contributed by atoms with Crippen LogP contribution in [0.15, 0.2) is 29.1 Å². The van der Waals surface area contributed by atoms with E-state index in [2.05, 4.69) is 27.6 Å². The number of aryl methyl sites for hydroxylation is 1. The standard InChI is InChI=1S/C9H7IN2O/c1-12-8(13)5-3-6-2-4-7(10)11-9(6)12/h2-5H,1H3. The van der Waals surface area contributed by atoms with Crippen LogP contribution in [0.4, 0.5) is 0 Å². The van der Waals surface area contributed by atoms with Gasteiger partial charge in [-0.1, -0.05) is 0 Å². The van der Waals surface area contributed by atoms with Gasteiger partial charge in [0, 0.05) is 18.5 Å². The van der Waals surface area contributed by atoms with Crippen LogP contribution in [-0.4, -0.2) is 9.55 Å². The van der Waals surface area contributed by atoms with Crippen molar-refractivity contribution in [3.05, 3.63) is 38.3 Å². The van der Waals surface area contributed by atoms with Gasteiger partial charge in [0.1, 0.15) is 9.35 Å². The summed E-state index contributed by atoms with van der Waals surface area (Å²) in [6.45, 7) is 0. The first-order valence-electron chi connectivity index (χ1n) is 3.81. The maximum Gasteiger partial charge on any atom is 0.251 e. The minimum absolute atomic E-state index is 0.0259. The highest BCUT2D eigenvalue weighted by atomic mass is 127. The molecule has 13 heavy (non-hydrogen) atoms. The molecular weight excluding hydrogens is 279 g/mol. The van der Waals surface area contributed by atoms with Crippen molar-refractivity contribution in [1.82, 2.24) is 9.55 Å². The second kappa shape index (κ2) is 3.10. The number of pyridine rings is 2. The second-order valence-corrected chi connectivity index (χ2v) is 3.88. The van der Waals surface area contributed by atoms with Crippen molar-refractivity contribution in [2.24, 2.45) is 7.05 Å². The quantitative estimate of drug-likeness (QED) is 0.544. The van der Waals surface area contributed by atoms with Crippen LogP contribution >= 0.6 is 22.6 Å². The lowest BCUT2D eigenvalue weighted by Gasteiger charge is -2.02. The molecule has 0 amide bonds. The normalized spacial score (nSPS) is 10.6. The Hall–Kier alpha value is -0.910. The van der Waals surface area contributed by atoms with Crippen molar-refractivity contribution in [1.29, 1.82) is 0 Å². The van der Waals surface area contributed by atoms with Gasteiger partial charge in [-0.2, -0.15) is 0 Å². The minimum atomic E-state index is -0.0259. The van der Waals surface area contributed by atoms with E-state index in [0.717, 1.165) is 14.7 Å². The lowest BCUT2D eigenvalue weighted by molar-refractivity contribution is 0.885. The lowest BCUT2D eigenvalue weighted by Crippen LogP contribution is -2.16. The van der Waals surface area contributed by atoms with Crippen molar-refractivity contribution < 1.29 is 0 Å². The molecule has 0 radical (unpaired) electrons. The van der Waals surface area contributed by atoms with Gasteiger partial charge in [-0.05, 0) is 40.8 Å². The van der Waals surface area contributed by atoms with Gasteiger partial charge in [0.25, 0.3) is 5.56 Å². The summed E-state index contributed by atoms with van der Waals surface area (Å²) in [6.07, 6.45) is 0. The van der Waals surface area contributed by atoms with Gasteiger partial charge in [0.05, 0.1) is 0 Å². The Morgan fingerprint density at radius 1 is 1.31 bits per heavy atom. The van der Waals surface area contributed by atoms with E-state index in [4.69, 9.17) is 0 Å². The Bertz CT molecular complexity index is 518. The smallest absolute Gasteiger partial charge is 0.251 e. The van der Waals surface area contributed by atoms with Crippen LogP contribution in [0, 0.1) is 3.70 Å².